The van der Waals surface area contributed by atoms with Crippen LogP contribution in [0, 0.1) is 6.92 Å². The number of thiophene rings is 1. The number of benzene rings is 1. The Morgan fingerprint density at radius 2 is 1.97 bits per heavy atom. The van der Waals surface area contributed by atoms with E-state index in [1.54, 1.807) is 25.9 Å². The summed E-state index contributed by atoms with van der Waals surface area (Å²) in [6, 6.07) is 8.95. The van der Waals surface area contributed by atoms with Crippen molar-refractivity contribution in [2.45, 2.75) is 13.1 Å². The minimum atomic E-state index is -4.64. The molecule has 10 heteroatoms. The first-order chi connectivity index (χ1) is 14.6. The highest BCUT2D eigenvalue weighted by atomic mass is 32.1. The van der Waals surface area contributed by atoms with E-state index < -0.39 is 17.6 Å². The first kappa shape index (κ1) is 20.9. The number of halogens is 3. The fourth-order valence-electron chi connectivity index (χ4n) is 3.17. The summed E-state index contributed by atoms with van der Waals surface area (Å²) in [7, 11) is 3.28. The Labute approximate surface area is 179 Å². The topological polar surface area (TPSA) is 71.3 Å². The summed E-state index contributed by atoms with van der Waals surface area (Å²) in [5, 5.41) is 8.48. The van der Waals surface area contributed by atoms with Crippen molar-refractivity contribution in [1.29, 1.82) is 0 Å². The van der Waals surface area contributed by atoms with E-state index in [1.807, 2.05) is 17.5 Å². The van der Waals surface area contributed by atoms with Crippen LogP contribution in [0.15, 0.2) is 46.3 Å². The second kappa shape index (κ2) is 7.69. The zero-order chi connectivity index (χ0) is 22.3. The summed E-state index contributed by atoms with van der Waals surface area (Å²) in [5.74, 6) is -0.709. The minimum Gasteiger partial charge on any atom is -0.378 e. The first-order valence-electron chi connectivity index (χ1n) is 9.16. The minimum absolute atomic E-state index is 0.136. The number of anilines is 2. The van der Waals surface area contributed by atoms with E-state index in [1.165, 1.54) is 29.5 Å². The molecule has 0 aliphatic heterocycles. The predicted molar refractivity (Wildman–Crippen MR) is 114 cm³/mol. The van der Waals surface area contributed by atoms with Gasteiger partial charge in [0.1, 0.15) is 0 Å². The number of hydrogen-bond donors (Lipinski definition) is 1. The molecule has 1 amide bonds. The molecule has 1 aromatic carbocycles. The standard InChI is InChI=1S/C21H17F3N4O2S/c1-11-18-13(10-16(17-5-4-8-31-17)26-20(18)30-27-11)19(29)25-15-7-6-12(28(2)3)9-14(15)21(22,23)24/h4-10H,1-3H3,(H,25,29). The lowest BCUT2D eigenvalue weighted by molar-refractivity contribution is -0.136. The predicted octanol–water partition coefficient (Wildman–Crippen LogP) is 5.60. The SMILES string of the molecule is Cc1noc2nc(-c3cccs3)cc(C(=O)Nc3ccc(N(C)C)cc3C(F)(F)F)c12. The molecule has 0 spiro atoms. The monoisotopic (exact) mass is 446 g/mol. The van der Waals surface area contributed by atoms with Crippen LogP contribution in [0.4, 0.5) is 24.5 Å². The maximum Gasteiger partial charge on any atom is 0.418 e. The molecular weight excluding hydrogens is 429 g/mol. The third kappa shape index (κ3) is 3.98. The largest absolute Gasteiger partial charge is 0.418 e. The fourth-order valence-corrected chi connectivity index (χ4v) is 3.85. The number of rotatable bonds is 4. The molecule has 0 bridgehead atoms. The van der Waals surface area contributed by atoms with Crippen LogP contribution >= 0.6 is 11.3 Å². The lowest BCUT2D eigenvalue weighted by Crippen LogP contribution is -2.18. The van der Waals surface area contributed by atoms with Gasteiger partial charge in [0.25, 0.3) is 11.6 Å². The van der Waals surface area contributed by atoms with Crippen LogP contribution in [0.2, 0.25) is 0 Å². The molecule has 1 N–H and O–H groups in total. The quantitative estimate of drug-likeness (QED) is 0.442. The number of aryl methyl sites for hydroxylation is 1. The lowest BCUT2D eigenvalue weighted by atomic mass is 10.1. The summed E-state index contributed by atoms with van der Waals surface area (Å²) < 4.78 is 46.2. The number of nitrogens with one attached hydrogen (secondary N) is 1. The van der Waals surface area contributed by atoms with Crippen molar-refractivity contribution in [3.63, 3.8) is 0 Å². The van der Waals surface area contributed by atoms with Crippen LogP contribution < -0.4 is 10.2 Å². The number of carbonyl (C=O) groups excluding carboxylic acids is 1. The molecule has 4 aromatic rings. The van der Waals surface area contributed by atoms with Crippen LogP contribution in [-0.2, 0) is 6.18 Å². The van der Waals surface area contributed by atoms with Gasteiger partial charge in [0.2, 0.25) is 0 Å². The Kier molecular flexibility index (Phi) is 5.18. The van der Waals surface area contributed by atoms with Gasteiger partial charge in [0, 0.05) is 19.8 Å². The summed E-state index contributed by atoms with van der Waals surface area (Å²) in [6.07, 6.45) is -4.64. The van der Waals surface area contributed by atoms with Crippen LogP contribution in [0.1, 0.15) is 21.6 Å². The molecule has 0 aliphatic rings. The highest BCUT2D eigenvalue weighted by Crippen LogP contribution is 2.38. The highest BCUT2D eigenvalue weighted by Gasteiger charge is 2.35. The second-order valence-electron chi connectivity index (χ2n) is 7.06. The molecule has 0 atom stereocenters. The Morgan fingerprint density at radius 1 is 1.19 bits per heavy atom. The van der Waals surface area contributed by atoms with Crippen molar-refractivity contribution >= 4 is 39.7 Å². The number of aromatic nitrogens is 2. The van der Waals surface area contributed by atoms with Crippen LogP contribution in [0.5, 0.6) is 0 Å². The zero-order valence-electron chi connectivity index (χ0n) is 16.7. The second-order valence-corrected chi connectivity index (χ2v) is 8.00. The van der Waals surface area contributed by atoms with Crippen LogP contribution in [0.25, 0.3) is 21.7 Å². The van der Waals surface area contributed by atoms with Gasteiger partial charge >= 0.3 is 6.18 Å². The highest BCUT2D eigenvalue weighted by molar-refractivity contribution is 7.13. The number of carbonyl (C=O) groups is 1. The third-order valence-electron chi connectivity index (χ3n) is 4.71. The fraction of sp³-hybridized carbons (Fsp3) is 0.190. The number of alkyl halides is 3. The molecule has 0 radical (unpaired) electrons. The van der Waals surface area contributed by atoms with Gasteiger partial charge in [-0.05, 0) is 42.6 Å². The van der Waals surface area contributed by atoms with Crippen LogP contribution in [0.3, 0.4) is 0 Å². The summed E-state index contributed by atoms with van der Waals surface area (Å²) in [6.45, 7) is 1.64. The Balaban J connectivity index is 1.80. The zero-order valence-corrected chi connectivity index (χ0v) is 17.6. The summed E-state index contributed by atoms with van der Waals surface area (Å²) in [5.41, 5.74) is 0.279. The van der Waals surface area contributed by atoms with E-state index in [4.69, 9.17) is 4.52 Å². The lowest BCUT2D eigenvalue weighted by Gasteiger charge is -2.19. The van der Waals surface area contributed by atoms with E-state index in [2.05, 4.69) is 15.5 Å². The van der Waals surface area contributed by atoms with Crippen molar-refractivity contribution in [2.24, 2.45) is 0 Å². The van der Waals surface area contributed by atoms with E-state index in [0.29, 0.717) is 22.5 Å². The number of fused-ring (bicyclic) bond motifs is 1. The van der Waals surface area contributed by atoms with Gasteiger partial charge in [0.15, 0.2) is 0 Å². The Hall–Kier alpha value is -3.40. The number of pyridine rings is 1. The molecule has 0 unspecified atom stereocenters. The molecule has 0 saturated heterocycles. The van der Waals surface area contributed by atoms with Gasteiger partial charge in [-0.3, -0.25) is 4.79 Å². The van der Waals surface area contributed by atoms with Gasteiger partial charge in [-0.15, -0.1) is 11.3 Å². The third-order valence-corrected chi connectivity index (χ3v) is 5.60. The van der Waals surface area contributed by atoms with Gasteiger partial charge in [-0.2, -0.15) is 13.2 Å². The molecule has 0 fully saturated rings. The Morgan fingerprint density at radius 3 is 2.61 bits per heavy atom. The summed E-state index contributed by atoms with van der Waals surface area (Å²) in [4.78, 5) is 19.9. The van der Waals surface area contributed by atoms with E-state index in [9.17, 15) is 18.0 Å². The molecular formula is C21H17F3N4O2S. The van der Waals surface area contributed by atoms with Gasteiger partial charge in [0.05, 0.1) is 38.5 Å². The summed E-state index contributed by atoms with van der Waals surface area (Å²) >= 11 is 1.42. The number of amides is 1. The average Bonchev–Trinajstić information content (AvgIpc) is 3.37. The Bertz CT molecular complexity index is 1260. The molecule has 3 aromatic heterocycles. The number of hydrogen-bond acceptors (Lipinski definition) is 6. The van der Waals surface area contributed by atoms with Crippen molar-refractivity contribution < 1.29 is 22.5 Å². The molecule has 160 valence electrons. The average molecular weight is 446 g/mol. The molecule has 0 aliphatic carbocycles. The van der Waals surface area contributed by atoms with E-state index in [-0.39, 0.29) is 17.0 Å². The van der Waals surface area contributed by atoms with Gasteiger partial charge < -0.3 is 14.7 Å². The van der Waals surface area contributed by atoms with Gasteiger partial charge in [-0.25, -0.2) is 4.98 Å². The molecule has 31 heavy (non-hydrogen) atoms. The van der Waals surface area contributed by atoms with Crippen molar-refractivity contribution in [3.8, 4) is 10.6 Å². The van der Waals surface area contributed by atoms with E-state index in [0.717, 1.165) is 10.9 Å². The molecule has 4 rings (SSSR count). The van der Waals surface area contributed by atoms with Crippen LogP contribution in [-0.4, -0.2) is 30.1 Å². The molecule has 0 saturated carbocycles. The molecule has 3 heterocycles. The van der Waals surface area contributed by atoms with E-state index >= 15 is 0 Å². The van der Waals surface area contributed by atoms with Crippen molar-refractivity contribution in [2.75, 3.05) is 24.3 Å². The molecule has 6 nitrogen and oxygen atoms in total. The maximum atomic E-state index is 13.7. The van der Waals surface area contributed by atoms with Gasteiger partial charge in [-0.1, -0.05) is 11.2 Å². The van der Waals surface area contributed by atoms with Crippen molar-refractivity contribution in [1.82, 2.24) is 10.1 Å². The van der Waals surface area contributed by atoms with Crippen molar-refractivity contribution in [3.05, 3.63) is 58.6 Å². The first-order valence-corrected chi connectivity index (χ1v) is 10.0. The maximum absolute atomic E-state index is 13.7. The smallest absolute Gasteiger partial charge is 0.378 e. The normalized spacial score (nSPS) is 11.7. The number of nitrogens with zero attached hydrogens (tertiary/aromatic N) is 3.